The molecule has 0 aliphatic carbocycles. The molecule has 0 aromatic heterocycles. The lowest BCUT2D eigenvalue weighted by Gasteiger charge is -2.26. The van der Waals surface area contributed by atoms with Crippen LogP contribution in [0.1, 0.15) is 5.56 Å². The van der Waals surface area contributed by atoms with E-state index in [0.29, 0.717) is 6.54 Å². The smallest absolute Gasteiger partial charge is 0.340 e. The molecule has 2 aliphatic heterocycles. The van der Waals surface area contributed by atoms with Gasteiger partial charge in [-0.1, -0.05) is 30.3 Å². The van der Waals surface area contributed by atoms with Gasteiger partial charge in [0.25, 0.3) is 15.9 Å². The molecule has 9 heteroatoms. The van der Waals surface area contributed by atoms with Crippen molar-refractivity contribution >= 4 is 27.7 Å². The van der Waals surface area contributed by atoms with Crippen molar-refractivity contribution in [1.82, 2.24) is 10.2 Å². The van der Waals surface area contributed by atoms with Crippen LogP contribution in [0, 0.1) is 0 Å². The third-order valence-corrected chi connectivity index (χ3v) is 4.89. The first-order valence-corrected chi connectivity index (χ1v) is 9.51. The summed E-state index contributed by atoms with van der Waals surface area (Å²) in [5.41, 5.74) is 1.16. The Morgan fingerprint density at radius 3 is 2.73 bits per heavy atom. The topological polar surface area (TPSA) is 105 Å². The van der Waals surface area contributed by atoms with E-state index in [1.54, 1.807) is 4.90 Å². The number of carbonyl (C=O) groups is 2. The molecule has 0 saturated heterocycles. The number of carbonyl (C=O) groups excluding carboxylic acids is 2. The predicted octanol–water partition coefficient (Wildman–Crippen LogP) is 0.344. The standard InChI is InChI=1S/C17H17N3O5S/c21-16(18-10-13-4-2-1-3-5-13)12-25-17(22)14-6-7-15-19-26(23,24)9-8-20(15)11-14/h1-7,11H,8-10,12H2,(H,18,21). The number of nitrogens with zero attached hydrogens (tertiary/aromatic N) is 2. The van der Waals surface area contributed by atoms with Crippen LogP contribution in [0.25, 0.3) is 0 Å². The number of sulfonamides is 1. The van der Waals surface area contributed by atoms with E-state index in [4.69, 9.17) is 4.74 Å². The summed E-state index contributed by atoms with van der Waals surface area (Å²) in [6.45, 7) is 0.161. The Kier molecular flexibility index (Phi) is 5.17. The molecule has 0 radical (unpaired) electrons. The van der Waals surface area contributed by atoms with Crippen molar-refractivity contribution in [1.29, 1.82) is 0 Å². The number of ether oxygens (including phenoxy) is 1. The van der Waals surface area contributed by atoms with E-state index in [2.05, 4.69) is 9.71 Å². The summed E-state index contributed by atoms with van der Waals surface area (Å²) in [6.07, 6.45) is 4.32. The average Bonchev–Trinajstić information content (AvgIpc) is 2.64. The highest BCUT2D eigenvalue weighted by molar-refractivity contribution is 7.90. The monoisotopic (exact) mass is 375 g/mol. The maximum atomic E-state index is 12.1. The molecule has 1 aromatic rings. The Bertz CT molecular complexity index is 904. The Labute approximate surface area is 150 Å². The van der Waals surface area contributed by atoms with Gasteiger partial charge in [0.1, 0.15) is 5.84 Å². The number of amidine groups is 1. The van der Waals surface area contributed by atoms with Crippen LogP contribution in [-0.2, 0) is 30.9 Å². The van der Waals surface area contributed by atoms with Gasteiger partial charge in [-0.15, -0.1) is 4.40 Å². The molecule has 3 rings (SSSR count). The molecule has 0 atom stereocenters. The number of nitrogens with one attached hydrogen (secondary N) is 1. The Balaban J connectivity index is 1.50. The fourth-order valence-electron chi connectivity index (χ4n) is 2.38. The Morgan fingerprint density at radius 2 is 1.96 bits per heavy atom. The van der Waals surface area contributed by atoms with Crippen LogP contribution >= 0.6 is 0 Å². The van der Waals surface area contributed by atoms with Gasteiger partial charge in [-0.2, -0.15) is 0 Å². The quantitative estimate of drug-likeness (QED) is 0.745. The van der Waals surface area contributed by atoms with Crippen LogP contribution in [0.5, 0.6) is 0 Å². The van der Waals surface area contributed by atoms with Crippen molar-refractivity contribution in [3.63, 3.8) is 0 Å². The Morgan fingerprint density at radius 1 is 1.19 bits per heavy atom. The Hall–Kier alpha value is -2.94. The van der Waals surface area contributed by atoms with Gasteiger partial charge in [-0.3, -0.25) is 4.79 Å². The van der Waals surface area contributed by atoms with Crippen LogP contribution in [0.15, 0.2) is 58.7 Å². The van der Waals surface area contributed by atoms with E-state index >= 15 is 0 Å². The zero-order chi connectivity index (χ0) is 18.6. The minimum Gasteiger partial charge on any atom is -0.452 e. The normalized spacial score (nSPS) is 17.6. The number of rotatable bonds is 5. The first kappa shape index (κ1) is 17.9. The van der Waals surface area contributed by atoms with Crippen LogP contribution in [0.4, 0.5) is 0 Å². The number of benzene rings is 1. The molecule has 0 unspecified atom stereocenters. The summed E-state index contributed by atoms with van der Waals surface area (Å²) >= 11 is 0. The molecule has 1 amide bonds. The van der Waals surface area contributed by atoms with Crippen molar-refractivity contribution < 1.29 is 22.7 Å². The molecule has 136 valence electrons. The highest BCUT2D eigenvalue weighted by Crippen LogP contribution is 2.16. The highest BCUT2D eigenvalue weighted by atomic mass is 32.2. The predicted molar refractivity (Wildman–Crippen MR) is 94.4 cm³/mol. The van der Waals surface area contributed by atoms with Gasteiger partial charge in [0, 0.05) is 19.3 Å². The lowest BCUT2D eigenvalue weighted by molar-refractivity contribution is -0.144. The molecule has 1 aromatic carbocycles. The molecule has 26 heavy (non-hydrogen) atoms. The molecule has 2 heterocycles. The van der Waals surface area contributed by atoms with Gasteiger partial charge in [0.15, 0.2) is 6.61 Å². The molecule has 0 saturated carbocycles. The maximum Gasteiger partial charge on any atom is 0.340 e. The SMILES string of the molecule is O=C(COC(=O)C1=CN2CCS(=O)(=O)N=C2C=C1)NCc1ccccc1. The van der Waals surface area contributed by atoms with Crippen LogP contribution < -0.4 is 5.32 Å². The first-order chi connectivity index (χ1) is 12.4. The summed E-state index contributed by atoms with van der Waals surface area (Å²) in [5.74, 6) is -0.934. The van der Waals surface area contributed by atoms with E-state index in [9.17, 15) is 18.0 Å². The molecule has 0 bridgehead atoms. The van der Waals surface area contributed by atoms with Gasteiger partial charge >= 0.3 is 5.97 Å². The van der Waals surface area contributed by atoms with Crippen LogP contribution in [0.2, 0.25) is 0 Å². The maximum absolute atomic E-state index is 12.1. The van der Waals surface area contributed by atoms with E-state index in [1.807, 2.05) is 30.3 Å². The third kappa shape index (κ3) is 4.57. The molecule has 0 spiro atoms. The minimum absolute atomic E-state index is 0.120. The van der Waals surface area contributed by atoms with E-state index in [1.165, 1.54) is 18.4 Å². The largest absolute Gasteiger partial charge is 0.452 e. The number of amides is 1. The fourth-order valence-corrected chi connectivity index (χ4v) is 3.35. The van der Waals surface area contributed by atoms with Gasteiger partial charge < -0.3 is 15.0 Å². The van der Waals surface area contributed by atoms with Gasteiger partial charge in [-0.25, -0.2) is 13.2 Å². The summed E-state index contributed by atoms with van der Waals surface area (Å²) < 4.78 is 31.5. The summed E-state index contributed by atoms with van der Waals surface area (Å²) in [4.78, 5) is 25.4. The molecular formula is C17H17N3O5S. The molecule has 1 N–H and O–H groups in total. The molecule has 8 nitrogen and oxygen atoms in total. The van der Waals surface area contributed by atoms with Crippen LogP contribution in [0.3, 0.4) is 0 Å². The lowest BCUT2D eigenvalue weighted by atomic mass is 10.2. The zero-order valence-corrected chi connectivity index (χ0v) is 14.6. The summed E-state index contributed by atoms with van der Waals surface area (Å²) in [6, 6.07) is 9.37. The second-order valence-corrected chi connectivity index (χ2v) is 7.44. The average molecular weight is 375 g/mol. The van der Waals surface area contributed by atoms with Crippen molar-refractivity contribution in [2.24, 2.45) is 4.40 Å². The number of esters is 1. The van der Waals surface area contributed by atoms with E-state index < -0.39 is 28.5 Å². The number of fused-ring (bicyclic) bond motifs is 1. The first-order valence-electron chi connectivity index (χ1n) is 7.90. The van der Waals surface area contributed by atoms with Gasteiger partial charge in [0.2, 0.25) is 0 Å². The van der Waals surface area contributed by atoms with Crippen molar-refractivity contribution in [2.45, 2.75) is 6.54 Å². The molecule has 0 fully saturated rings. The summed E-state index contributed by atoms with van der Waals surface area (Å²) in [5, 5.41) is 2.66. The van der Waals surface area contributed by atoms with E-state index in [0.717, 1.165) is 5.56 Å². The van der Waals surface area contributed by atoms with Crippen molar-refractivity contribution in [2.75, 3.05) is 18.9 Å². The fraction of sp³-hybridized carbons (Fsp3) is 0.235. The lowest BCUT2D eigenvalue weighted by Crippen LogP contribution is -2.37. The molecular weight excluding hydrogens is 358 g/mol. The van der Waals surface area contributed by atoms with Gasteiger partial charge in [-0.05, 0) is 17.7 Å². The van der Waals surface area contributed by atoms with Crippen LogP contribution in [-0.4, -0.2) is 49.9 Å². The van der Waals surface area contributed by atoms with Crippen molar-refractivity contribution in [3.05, 3.63) is 59.8 Å². The third-order valence-electron chi connectivity index (χ3n) is 3.73. The van der Waals surface area contributed by atoms with E-state index in [-0.39, 0.29) is 23.7 Å². The zero-order valence-electron chi connectivity index (χ0n) is 13.8. The highest BCUT2D eigenvalue weighted by Gasteiger charge is 2.25. The number of hydrogen-bond donors (Lipinski definition) is 1. The minimum atomic E-state index is -3.44. The number of hydrogen-bond acceptors (Lipinski definition) is 6. The second kappa shape index (κ2) is 7.52. The summed E-state index contributed by atoms with van der Waals surface area (Å²) in [7, 11) is -3.44. The van der Waals surface area contributed by atoms with Gasteiger partial charge in [0.05, 0.1) is 11.3 Å². The molecule has 2 aliphatic rings. The van der Waals surface area contributed by atoms with Crippen molar-refractivity contribution in [3.8, 4) is 0 Å². The second-order valence-electron chi connectivity index (χ2n) is 5.69.